The Labute approximate surface area is 139 Å². The van der Waals surface area contributed by atoms with Crippen molar-refractivity contribution in [1.29, 1.82) is 0 Å². The van der Waals surface area contributed by atoms with E-state index in [1.807, 2.05) is 30.3 Å². The van der Waals surface area contributed by atoms with E-state index in [-0.39, 0.29) is 22.5 Å². The molecule has 0 aliphatic heterocycles. The van der Waals surface area contributed by atoms with Crippen molar-refractivity contribution in [2.45, 2.75) is 6.92 Å². The lowest BCUT2D eigenvalue weighted by atomic mass is 10.0. The number of nitrogens with zero attached hydrogens (tertiary/aromatic N) is 1. The molecule has 24 heavy (non-hydrogen) atoms. The number of aromatic hydroxyl groups is 1. The van der Waals surface area contributed by atoms with E-state index in [9.17, 15) is 14.7 Å². The van der Waals surface area contributed by atoms with Gasteiger partial charge in [-0.2, -0.15) is 0 Å². The second-order valence-corrected chi connectivity index (χ2v) is 4.91. The fourth-order valence-corrected chi connectivity index (χ4v) is 2.19. The molecular formula is C18H17NO5. The molecule has 124 valence electrons. The highest BCUT2D eigenvalue weighted by molar-refractivity contribution is 6.07. The molecule has 0 saturated heterocycles. The quantitative estimate of drug-likeness (QED) is 0.869. The number of ether oxygens (including phenoxy) is 2. The molecule has 0 bridgehead atoms. The maximum atomic E-state index is 12.1. The third kappa shape index (κ3) is 3.43. The fourth-order valence-electron chi connectivity index (χ4n) is 2.19. The summed E-state index contributed by atoms with van der Waals surface area (Å²) in [5.41, 5.74) is 0.904. The number of methoxy groups -OCH3 is 2. The molecule has 1 N–H and O–H groups in total. The minimum absolute atomic E-state index is 0.139. The van der Waals surface area contributed by atoms with Crippen LogP contribution in [0, 0.1) is 6.92 Å². The Balaban J connectivity index is 2.66. The Morgan fingerprint density at radius 3 is 2.17 bits per heavy atom. The summed E-state index contributed by atoms with van der Waals surface area (Å²) in [6.45, 7) is 1.53. The van der Waals surface area contributed by atoms with Gasteiger partial charge in [0.25, 0.3) is 0 Å². The predicted octanol–water partition coefficient (Wildman–Crippen LogP) is 2.84. The number of carbonyl (C=O) groups excluding carboxylic acids is 2. The van der Waals surface area contributed by atoms with Gasteiger partial charge in [0.2, 0.25) is 0 Å². The number of aromatic nitrogens is 1. The molecule has 0 aliphatic carbocycles. The Morgan fingerprint density at radius 2 is 1.58 bits per heavy atom. The van der Waals surface area contributed by atoms with Gasteiger partial charge in [-0.15, -0.1) is 0 Å². The number of pyridine rings is 1. The highest BCUT2D eigenvalue weighted by atomic mass is 16.5. The zero-order chi connectivity index (χ0) is 17.7. The molecule has 6 nitrogen and oxygen atoms in total. The van der Waals surface area contributed by atoms with E-state index in [4.69, 9.17) is 4.74 Å². The first-order valence-electron chi connectivity index (χ1n) is 7.13. The molecule has 2 rings (SSSR count). The van der Waals surface area contributed by atoms with Gasteiger partial charge < -0.3 is 14.6 Å². The maximum Gasteiger partial charge on any atom is 0.342 e. The van der Waals surface area contributed by atoms with Crippen LogP contribution in [0.25, 0.3) is 12.2 Å². The Kier molecular flexibility index (Phi) is 5.31. The first kappa shape index (κ1) is 17.2. The molecule has 0 fully saturated rings. The summed E-state index contributed by atoms with van der Waals surface area (Å²) in [5.74, 6) is -2.03. The lowest BCUT2D eigenvalue weighted by Crippen LogP contribution is -2.16. The Morgan fingerprint density at radius 1 is 1.00 bits per heavy atom. The zero-order valence-electron chi connectivity index (χ0n) is 13.6. The number of esters is 2. The third-order valence-corrected chi connectivity index (χ3v) is 3.39. The second-order valence-electron chi connectivity index (χ2n) is 4.91. The molecule has 1 heterocycles. The summed E-state index contributed by atoms with van der Waals surface area (Å²) in [5, 5.41) is 10.1. The van der Waals surface area contributed by atoms with Crippen LogP contribution in [0.3, 0.4) is 0 Å². The van der Waals surface area contributed by atoms with Crippen molar-refractivity contribution in [2.24, 2.45) is 0 Å². The van der Waals surface area contributed by atoms with Gasteiger partial charge in [-0.25, -0.2) is 14.6 Å². The fraction of sp³-hybridized carbons (Fsp3) is 0.167. The first-order valence-corrected chi connectivity index (χ1v) is 7.13. The Bertz CT molecular complexity index is 797. The standard InChI is InChI=1S/C18H17NO5/c1-11-16(20)15(18(22)24-3)14(17(21)23-2)13(19-11)10-9-12-7-5-4-6-8-12/h4-10,20H,1-3H3/b10-9+. The van der Waals surface area contributed by atoms with E-state index < -0.39 is 17.7 Å². The van der Waals surface area contributed by atoms with Gasteiger partial charge in [0.1, 0.15) is 11.1 Å². The predicted molar refractivity (Wildman–Crippen MR) is 88.7 cm³/mol. The van der Waals surface area contributed by atoms with Crippen LogP contribution in [0.15, 0.2) is 30.3 Å². The molecule has 1 aromatic heterocycles. The van der Waals surface area contributed by atoms with Gasteiger partial charge in [-0.05, 0) is 18.6 Å². The lowest BCUT2D eigenvalue weighted by molar-refractivity contribution is 0.0551. The SMILES string of the molecule is COC(=O)c1c(/C=C/c2ccccc2)nc(C)c(O)c1C(=O)OC. The van der Waals surface area contributed by atoms with Crippen molar-refractivity contribution in [3.8, 4) is 5.75 Å². The van der Waals surface area contributed by atoms with Gasteiger partial charge >= 0.3 is 11.9 Å². The van der Waals surface area contributed by atoms with Crippen molar-refractivity contribution >= 4 is 24.1 Å². The molecule has 6 heteroatoms. The topological polar surface area (TPSA) is 85.7 Å². The number of benzene rings is 1. The number of rotatable bonds is 4. The summed E-state index contributed by atoms with van der Waals surface area (Å²) in [6, 6.07) is 9.38. The molecule has 0 spiro atoms. The van der Waals surface area contributed by atoms with Gasteiger partial charge in [-0.1, -0.05) is 36.4 Å². The van der Waals surface area contributed by atoms with E-state index in [0.717, 1.165) is 12.7 Å². The summed E-state index contributed by atoms with van der Waals surface area (Å²) in [7, 11) is 2.35. The summed E-state index contributed by atoms with van der Waals surface area (Å²) < 4.78 is 9.39. The largest absolute Gasteiger partial charge is 0.505 e. The van der Waals surface area contributed by atoms with E-state index in [1.54, 1.807) is 12.2 Å². The van der Waals surface area contributed by atoms with Crippen molar-refractivity contribution in [3.63, 3.8) is 0 Å². The molecular weight excluding hydrogens is 310 g/mol. The third-order valence-electron chi connectivity index (χ3n) is 3.39. The van der Waals surface area contributed by atoms with Crippen LogP contribution in [0.5, 0.6) is 5.75 Å². The van der Waals surface area contributed by atoms with Gasteiger partial charge in [0.05, 0.1) is 25.6 Å². The monoisotopic (exact) mass is 327 g/mol. The van der Waals surface area contributed by atoms with E-state index >= 15 is 0 Å². The van der Waals surface area contributed by atoms with Crippen LogP contribution in [0.4, 0.5) is 0 Å². The summed E-state index contributed by atoms with van der Waals surface area (Å²) >= 11 is 0. The second kappa shape index (κ2) is 7.41. The van der Waals surface area contributed by atoms with E-state index in [2.05, 4.69) is 9.72 Å². The van der Waals surface area contributed by atoms with E-state index in [0.29, 0.717) is 0 Å². The minimum atomic E-state index is -0.840. The van der Waals surface area contributed by atoms with Crippen LogP contribution < -0.4 is 0 Å². The molecule has 0 radical (unpaired) electrons. The van der Waals surface area contributed by atoms with Crippen LogP contribution in [-0.4, -0.2) is 36.2 Å². The van der Waals surface area contributed by atoms with Crippen LogP contribution in [0.1, 0.15) is 37.7 Å². The average molecular weight is 327 g/mol. The van der Waals surface area contributed by atoms with Crippen LogP contribution in [0.2, 0.25) is 0 Å². The zero-order valence-corrected chi connectivity index (χ0v) is 13.6. The number of aryl methyl sites for hydroxylation is 1. The van der Waals surface area contributed by atoms with Crippen molar-refractivity contribution in [1.82, 2.24) is 4.98 Å². The Hall–Kier alpha value is -3.15. The molecule has 2 aromatic rings. The minimum Gasteiger partial charge on any atom is -0.505 e. The van der Waals surface area contributed by atoms with Crippen molar-refractivity contribution in [3.05, 3.63) is 58.4 Å². The van der Waals surface area contributed by atoms with Crippen LogP contribution in [-0.2, 0) is 9.47 Å². The molecule has 0 amide bonds. The van der Waals surface area contributed by atoms with Crippen molar-refractivity contribution < 1.29 is 24.2 Å². The van der Waals surface area contributed by atoms with E-state index in [1.165, 1.54) is 14.0 Å². The lowest BCUT2D eigenvalue weighted by Gasteiger charge is -2.12. The number of hydrogen-bond donors (Lipinski definition) is 1. The highest BCUT2D eigenvalue weighted by Gasteiger charge is 2.28. The highest BCUT2D eigenvalue weighted by Crippen LogP contribution is 2.29. The molecule has 0 atom stereocenters. The number of carbonyl (C=O) groups is 2. The summed E-state index contributed by atoms with van der Waals surface area (Å²) in [6.07, 6.45) is 3.33. The van der Waals surface area contributed by atoms with Gasteiger partial charge in [0.15, 0.2) is 5.75 Å². The van der Waals surface area contributed by atoms with Crippen LogP contribution >= 0.6 is 0 Å². The molecule has 0 saturated carbocycles. The van der Waals surface area contributed by atoms with Crippen molar-refractivity contribution in [2.75, 3.05) is 14.2 Å². The smallest absolute Gasteiger partial charge is 0.342 e. The maximum absolute atomic E-state index is 12.1. The van der Waals surface area contributed by atoms with Gasteiger partial charge in [0, 0.05) is 0 Å². The molecule has 1 aromatic carbocycles. The molecule has 0 aliphatic rings. The molecule has 0 unspecified atom stereocenters. The van der Waals surface area contributed by atoms with Gasteiger partial charge in [-0.3, -0.25) is 0 Å². The first-order chi connectivity index (χ1) is 11.5. The normalized spacial score (nSPS) is 10.6. The number of hydrogen-bond acceptors (Lipinski definition) is 6. The average Bonchev–Trinajstić information content (AvgIpc) is 2.61. The summed E-state index contributed by atoms with van der Waals surface area (Å²) in [4.78, 5) is 28.3.